The number of aromatic carboxylic acids is 1. The van der Waals surface area contributed by atoms with Gasteiger partial charge in [-0.15, -0.1) is 0 Å². The van der Waals surface area contributed by atoms with Crippen molar-refractivity contribution in [3.05, 3.63) is 69.6 Å². The fourth-order valence-corrected chi connectivity index (χ4v) is 1.95. The molecule has 0 fully saturated rings. The van der Waals surface area contributed by atoms with Crippen molar-refractivity contribution in [1.82, 2.24) is 10.3 Å². The Morgan fingerprint density at radius 1 is 1.10 bits per heavy atom. The molecule has 3 N–H and O–H groups in total. The maximum atomic E-state index is 11.8. The van der Waals surface area contributed by atoms with Gasteiger partial charge < -0.3 is 15.4 Å². The second kappa shape index (κ2) is 6.51. The van der Waals surface area contributed by atoms with Crippen LogP contribution >= 0.6 is 0 Å². The van der Waals surface area contributed by atoms with E-state index in [0.29, 0.717) is 12.0 Å². The van der Waals surface area contributed by atoms with Crippen LogP contribution in [0.25, 0.3) is 0 Å². The third-order valence-corrected chi connectivity index (χ3v) is 2.99. The van der Waals surface area contributed by atoms with Crippen LogP contribution in [0.4, 0.5) is 0 Å². The van der Waals surface area contributed by atoms with Crippen molar-refractivity contribution in [3.8, 4) is 0 Å². The number of aromatic nitrogens is 1. The Kier molecular flexibility index (Phi) is 4.50. The number of aromatic amines is 1. The molecule has 0 saturated carbocycles. The molecule has 0 radical (unpaired) electrons. The van der Waals surface area contributed by atoms with Gasteiger partial charge in [-0.05, 0) is 30.2 Å². The largest absolute Gasteiger partial charge is 0.478 e. The quantitative estimate of drug-likeness (QED) is 0.764. The molecule has 0 aliphatic carbocycles. The van der Waals surface area contributed by atoms with Crippen molar-refractivity contribution in [2.45, 2.75) is 6.42 Å². The van der Waals surface area contributed by atoms with E-state index < -0.39 is 17.4 Å². The van der Waals surface area contributed by atoms with Crippen LogP contribution in [-0.2, 0) is 6.42 Å². The molecule has 0 aliphatic heterocycles. The highest BCUT2D eigenvalue weighted by Crippen LogP contribution is 2.09. The first-order chi connectivity index (χ1) is 10.1. The second-order valence-electron chi connectivity index (χ2n) is 4.38. The monoisotopic (exact) mass is 286 g/mol. The number of rotatable bonds is 5. The zero-order valence-corrected chi connectivity index (χ0v) is 11.1. The Morgan fingerprint density at radius 3 is 2.52 bits per heavy atom. The molecule has 0 atom stereocenters. The standard InChI is InChI=1S/C15H14N2O4/c18-13-12(6-3-8-16-13)14(19)17-9-7-10-4-1-2-5-11(10)15(20)21/h1-6,8H,7,9H2,(H,16,18)(H,17,19)(H,20,21). The number of carbonyl (C=O) groups is 2. The zero-order valence-electron chi connectivity index (χ0n) is 11.1. The molecule has 108 valence electrons. The molecule has 21 heavy (non-hydrogen) atoms. The van der Waals surface area contributed by atoms with Crippen LogP contribution in [-0.4, -0.2) is 28.5 Å². The lowest BCUT2D eigenvalue weighted by Crippen LogP contribution is -2.30. The summed E-state index contributed by atoms with van der Waals surface area (Å²) in [5.41, 5.74) is 0.418. The number of amides is 1. The lowest BCUT2D eigenvalue weighted by molar-refractivity contribution is 0.0695. The summed E-state index contributed by atoms with van der Waals surface area (Å²) < 4.78 is 0. The first-order valence-electron chi connectivity index (χ1n) is 6.36. The number of H-pyrrole nitrogens is 1. The number of pyridine rings is 1. The first kappa shape index (κ1) is 14.5. The fourth-order valence-electron chi connectivity index (χ4n) is 1.95. The summed E-state index contributed by atoms with van der Waals surface area (Å²) in [6.45, 7) is 0.247. The Balaban J connectivity index is 1.99. The molecule has 0 bridgehead atoms. The number of hydrogen-bond donors (Lipinski definition) is 3. The van der Waals surface area contributed by atoms with Crippen LogP contribution in [0.2, 0.25) is 0 Å². The molecule has 1 amide bonds. The second-order valence-corrected chi connectivity index (χ2v) is 4.38. The first-order valence-corrected chi connectivity index (χ1v) is 6.36. The summed E-state index contributed by atoms with van der Waals surface area (Å²) >= 11 is 0. The van der Waals surface area contributed by atoms with Gasteiger partial charge in [0, 0.05) is 12.7 Å². The molecule has 0 unspecified atom stereocenters. The molecule has 1 heterocycles. The molecule has 1 aromatic carbocycles. The zero-order chi connectivity index (χ0) is 15.2. The van der Waals surface area contributed by atoms with Crippen LogP contribution in [0, 0.1) is 0 Å². The number of benzene rings is 1. The summed E-state index contributed by atoms with van der Waals surface area (Å²) in [6, 6.07) is 9.60. The van der Waals surface area contributed by atoms with Gasteiger partial charge in [0.05, 0.1) is 5.56 Å². The van der Waals surface area contributed by atoms with Crippen molar-refractivity contribution in [2.75, 3.05) is 6.54 Å². The molecule has 0 aliphatic rings. The van der Waals surface area contributed by atoms with Crippen molar-refractivity contribution < 1.29 is 14.7 Å². The van der Waals surface area contributed by atoms with Crippen LogP contribution in [0.1, 0.15) is 26.3 Å². The predicted molar refractivity (Wildman–Crippen MR) is 76.5 cm³/mol. The van der Waals surface area contributed by atoms with E-state index in [0.717, 1.165) is 0 Å². The van der Waals surface area contributed by atoms with Gasteiger partial charge in [0.1, 0.15) is 5.56 Å². The van der Waals surface area contributed by atoms with E-state index in [4.69, 9.17) is 5.11 Å². The third kappa shape index (κ3) is 3.56. The Hall–Kier alpha value is -2.89. The fraction of sp³-hybridized carbons (Fsp3) is 0.133. The van der Waals surface area contributed by atoms with E-state index in [1.807, 2.05) is 0 Å². The maximum Gasteiger partial charge on any atom is 0.335 e. The van der Waals surface area contributed by atoms with Crippen LogP contribution < -0.4 is 10.9 Å². The van der Waals surface area contributed by atoms with E-state index in [-0.39, 0.29) is 17.7 Å². The van der Waals surface area contributed by atoms with E-state index in [2.05, 4.69) is 10.3 Å². The minimum absolute atomic E-state index is 0.0315. The number of nitrogens with one attached hydrogen (secondary N) is 2. The van der Waals surface area contributed by atoms with Gasteiger partial charge in [0.15, 0.2) is 0 Å². The average molecular weight is 286 g/mol. The average Bonchev–Trinajstić information content (AvgIpc) is 2.48. The van der Waals surface area contributed by atoms with Crippen molar-refractivity contribution in [3.63, 3.8) is 0 Å². The maximum absolute atomic E-state index is 11.8. The molecule has 6 nitrogen and oxygen atoms in total. The summed E-state index contributed by atoms with van der Waals surface area (Å²) in [5, 5.41) is 11.7. The van der Waals surface area contributed by atoms with Crippen LogP contribution in [0.15, 0.2) is 47.4 Å². The minimum atomic E-state index is -1.00. The summed E-state index contributed by atoms with van der Waals surface area (Å²) in [7, 11) is 0. The minimum Gasteiger partial charge on any atom is -0.478 e. The molecule has 0 saturated heterocycles. The lowest BCUT2D eigenvalue weighted by Gasteiger charge is -2.07. The van der Waals surface area contributed by atoms with Crippen molar-refractivity contribution in [1.29, 1.82) is 0 Å². The van der Waals surface area contributed by atoms with Gasteiger partial charge in [-0.2, -0.15) is 0 Å². The van der Waals surface area contributed by atoms with E-state index in [9.17, 15) is 14.4 Å². The van der Waals surface area contributed by atoms with Gasteiger partial charge in [0.2, 0.25) is 0 Å². The Labute approximate surface area is 120 Å². The highest BCUT2D eigenvalue weighted by molar-refractivity contribution is 5.93. The highest BCUT2D eigenvalue weighted by atomic mass is 16.4. The third-order valence-electron chi connectivity index (χ3n) is 2.99. The molecular weight excluding hydrogens is 272 g/mol. The summed E-state index contributed by atoms with van der Waals surface area (Å²) in [5.74, 6) is -1.49. The van der Waals surface area contributed by atoms with Crippen molar-refractivity contribution >= 4 is 11.9 Å². The van der Waals surface area contributed by atoms with Crippen LogP contribution in [0.3, 0.4) is 0 Å². The number of carboxylic acid groups (broad SMARTS) is 1. The van der Waals surface area contributed by atoms with Crippen LogP contribution in [0.5, 0.6) is 0 Å². The smallest absolute Gasteiger partial charge is 0.335 e. The Morgan fingerprint density at radius 2 is 1.81 bits per heavy atom. The SMILES string of the molecule is O=C(O)c1ccccc1CCNC(=O)c1ccc[nH]c1=O. The molecular formula is C15H14N2O4. The predicted octanol–water partition coefficient (Wildman–Crippen LogP) is 1.05. The Bertz CT molecular complexity index is 721. The van der Waals surface area contributed by atoms with Gasteiger partial charge in [-0.3, -0.25) is 9.59 Å². The number of carboxylic acids is 1. The van der Waals surface area contributed by atoms with Gasteiger partial charge in [-0.25, -0.2) is 4.79 Å². The normalized spacial score (nSPS) is 10.1. The highest BCUT2D eigenvalue weighted by Gasteiger charge is 2.11. The lowest BCUT2D eigenvalue weighted by atomic mass is 10.0. The number of hydrogen-bond acceptors (Lipinski definition) is 3. The molecule has 2 aromatic rings. The summed E-state index contributed by atoms with van der Waals surface area (Å²) in [6.07, 6.45) is 1.82. The van der Waals surface area contributed by atoms with E-state index in [1.54, 1.807) is 24.3 Å². The van der Waals surface area contributed by atoms with E-state index in [1.165, 1.54) is 18.3 Å². The topological polar surface area (TPSA) is 99.3 Å². The van der Waals surface area contributed by atoms with Gasteiger partial charge >= 0.3 is 5.97 Å². The molecule has 6 heteroatoms. The van der Waals surface area contributed by atoms with E-state index >= 15 is 0 Å². The van der Waals surface area contributed by atoms with Gasteiger partial charge in [0.25, 0.3) is 11.5 Å². The molecule has 2 rings (SSSR count). The number of carbonyl (C=O) groups excluding carboxylic acids is 1. The molecule has 1 aromatic heterocycles. The van der Waals surface area contributed by atoms with Crippen molar-refractivity contribution in [2.24, 2.45) is 0 Å². The van der Waals surface area contributed by atoms with Gasteiger partial charge in [-0.1, -0.05) is 18.2 Å². The summed E-state index contributed by atoms with van der Waals surface area (Å²) in [4.78, 5) is 36.7. The molecule has 0 spiro atoms.